The topological polar surface area (TPSA) is 62.2 Å². The molecule has 27 heavy (non-hydrogen) atoms. The van der Waals surface area contributed by atoms with Crippen molar-refractivity contribution >= 4 is 35.8 Å². The molecule has 0 aliphatic carbocycles. The molecule has 0 amide bonds. The number of rotatable bonds is 5. The van der Waals surface area contributed by atoms with E-state index < -0.39 is 0 Å². The zero-order chi connectivity index (χ0) is 18.4. The molecule has 1 aromatic rings. The second-order valence-corrected chi connectivity index (χ2v) is 7.11. The van der Waals surface area contributed by atoms with Crippen molar-refractivity contribution in [1.82, 2.24) is 15.2 Å². The normalized spacial score (nSPS) is 23.3. The van der Waals surface area contributed by atoms with Crippen molar-refractivity contribution in [2.24, 2.45) is 10.9 Å². The van der Waals surface area contributed by atoms with E-state index in [1.54, 1.807) is 7.11 Å². The van der Waals surface area contributed by atoms with Gasteiger partial charge in [0.2, 0.25) is 0 Å². The fraction of sp³-hybridized carbons (Fsp3) is 0.684. The van der Waals surface area contributed by atoms with E-state index in [0.29, 0.717) is 5.92 Å². The van der Waals surface area contributed by atoms with Gasteiger partial charge in [0.25, 0.3) is 0 Å². The number of pyridine rings is 1. The highest BCUT2D eigenvalue weighted by molar-refractivity contribution is 14.0. The SMILES string of the molecule is CN=C(NCc1ccnc(N2CCOC(C)C2)c1)N1CCC(COC)C1.I. The van der Waals surface area contributed by atoms with Crippen LogP contribution in [0, 0.1) is 5.92 Å². The number of guanidine groups is 1. The van der Waals surface area contributed by atoms with Gasteiger partial charge in [-0.15, -0.1) is 24.0 Å². The van der Waals surface area contributed by atoms with Gasteiger partial charge >= 0.3 is 0 Å². The number of hydrogen-bond acceptors (Lipinski definition) is 5. The number of methoxy groups -OCH3 is 1. The number of aliphatic imine (C=N–C) groups is 1. The summed E-state index contributed by atoms with van der Waals surface area (Å²) < 4.78 is 10.9. The predicted octanol–water partition coefficient (Wildman–Crippen LogP) is 1.97. The summed E-state index contributed by atoms with van der Waals surface area (Å²) in [5.41, 5.74) is 1.21. The Kier molecular flexibility index (Phi) is 9.04. The van der Waals surface area contributed by atoms with Crippen molar-refractivity contribution in [2.45, 2.75) is 26.0 Å². The van der Waals surface area contributed by atoms with Crippen LogP contribution in [0.3, 0.4) is 0 Å². The van der Waals surface area contributed by atoms with Crippen LogP contribution >= 0.6 is 24.0 Å². The Labute approximate surface area is 179 Å². The molecule has 2 saturated heterocycles. The smallest absolute Gasteiger partial charge is 0.193 e. The third-order valence-electron chi connectivity index (χ3n) is 5.03. The quantitative estimate of drug-likeness (QED) is 0.388. The molecule has 2 unspecified atom stereocenters. The van der Waals surface area contributed by atoms with Gasteiger partial charge in [0.15, 0.2) is 5.96 Å². The molecule has 1 aromatic heterocycles. The zero-order valence-corrected chi connectivity index (χ0v) is 18.9. The Morgan fingerprint density at radius 3 is 3.00 bits per heavy atom. The minimum atomic E-state index is 0. The van der Waals surface area contributed by atoms with Crippen molar-refractivity contribution in [3.05, 3.63) is 23.9 Å². The molecule has 0 aromatic carbocycles. The van der Waals surface area contributed by atoms with Crippen LogP contribution in [-0.4, -0.2) is 75.5 Å². The maximum atomic E-state index is 5.62. The van der Waals surface area contributed by atoms with E-state index in [0.717, 1.165) is 64.1 Å². The van der Waals surface area contributed by atoms with Crippen LogP contribution in [0.15, 0.2) is 23.3 Å². The number of morpholine rings is 1. The number of likely N-dealkylation sites (tertiary alicyclic amines) is 1. The molecular weight excluding hydrogens is 457 g/mol. The third kappa shape index (κ3) is 6.18. The fourth-order valence-corrected chi connectivity index (χ4v) is 3.68. The summed E-state index contributed by atoms with van der Waals surface area (Å²) in [5.74, 6) is 2.58. The number of hydrogen-bond donors (Lipinski definition) is 1. The summed E-state index contributed by atoms with van der Waals surface area (Å²) in [6.45, 7) is 8.24. The molecule has 7 nitrogen and oxygen atoms in total. The van der Waals surface area contributed by atoms with E-state index in [9.17, 15) is 0 Å². The summed E-state index contributed by atoms with van der Waals surface area (Å²) in [5, 5.41) is 3.49. The standard InChI is InChI=1S/C19H31N5O2.HI/c1-15-12-23(8-9-26-15)18-10-16(4-6-21-18)11-22-19(20-2)24-7-5-17(13-24)14-25-3;/h4,6,10,15,17H,5,7-9,11-14H2,1-3H3,(H,20,22);1H. The molecule has 2 fully saturated rings. The zero-order valence-electron chi connectivity index (χ0n) is 16.6. The largest absolute Gasteiger partial charge is 0.384 e. The number of nitrogens with one attached hydrogen (secondary N) is 1. The Balaban J connectivity index is 0.00000261. The fourth-order valence-electron chi connectivity index (χ4n) is 3.68. The van der Waals surface area contributed by atoms with Crippen molar-refractivity contribution in [2.75, 3.05) is 58.5 Å². The number of nitrogens with zero attached hydrogens (tertiary/aromatic N) is 4. The highest BCUT2D eigenvalue weighted by atomic mass is 127. The highest BCUT2D eigenvalue weighted by Gasteiger charge is 2.24. The van der Waals surface area contributed by atoms with Gasteiger partial charge in [0, 0.05) is 59.0 Å². The second-order valence-electron chi connectivity index (χ2n) is 7.11. The Morgan fingerprint density at radius 2 is 2.26 bits per heavy atom. The molecule has 2 aliphatic rings. The molecule has 3 heterocycles. The lowest BCUT2D eigenvalue weighted by molar-refractivity contribution is 0.0529. The molecule has 2 aliphatic heterocycles. The van der Waals surface area contributed by atoms with Gasteiger partial charge in [0.05, 0.1) is 19.3 Å². The Morgan fingerprint density at radius 1 is 1.41 bits per heavy atom. The van der Waals surface area contributed by atoms with E-state index in [1.165, 1.54) is 5.56 Å². The van der Waals surface area contributed by atoms with Crippen LogP contribution in [0.2, 0.25) is 0 Å². The van der Waals surface area contributed by atoms with Crippen LogP contribution < -0.4 is 10.2 Å². The number of halogens is 1. The maximum Gasteiger partial charge on any atom is 0.193 e. The first-order valence-corrected chi connectivity index (χ1v) is 9.45. The molecule has 0 bridgehead atoms. The molecule has 8 heteroatoms. The Hall–Kier alpha value is -1.13. The van der Waals surface area contributed by atoms with Gasteiger partial charge < -0.3 is 24.6 Å². The van der Waals surface area contributed by atoms with Gasteiger partial charge in [-0.3, -0.25) is 4.99 Å². The molecule has 1 N–H and O–H groups in total. The van der Waals surface area contributed by atoms with Crippen LogP contribution in [0.4, 0.5) is 5.82 Å². The summed E-state index contributed by atoms with van der Waals surface area (Å²) in [7, 11) is 3.62. The van der Waals surface area contributed by atoms with E-state index in [2.05, 4.69) is 44.1 Å². The van der Waals surface area contributed by atoms with Gasteiger partial charge in [0.1, 0.15) is 5.82 Å². The van der Waals surface area contributed by atoms with Crippen molar-refractivity contribution < 1.29 is 9.47 Å². The lowest BCUT2D eigenvalue weighted by atomic mass is 10.1. The van der Waals surface area contributed by atoms with E-state index in [4.69, 9.17) is 9.47 Å². The third-order valence-corrected chi connectivity index (χ3v) is 5.03. The number of ether oxygens (including phenoxy) is 2. The van der Waals surface area contributed by atoms with E-state index in [-0.39, 0.29) is 30.1 Å². The van der Waals surface area contributed by atoms with E-state index >= 15 is 0 Å². The molecule has 3 rings (SSSR count). The van der Waals surface area contributed by atoms with Crippen LogP contribution in [0.1, 0.15) is 18.9 Å². The van der Waals surface area contributed by atoms with Crippen molar-refractivity contribution in [3.8, 4) is 0 Å². The minimum absolute atomic E-state index is 0. The molecule has 0 saturated carbocycles. The Bertz CT molecular complexity index is 616. The van der Waals surface area contributed by atoms with Gasteiger partial charge in [-0.05, 0) is 31.0 Å². The predicted molar refractivity (Wildman–Crippen MR) is 119 cm³/mol. The van der Waals surface area contributed by atoms with Crippen LogP contribution in [0.5, 0.6) is 0 Å². The first kappa shape index (κ1) is 22.2. The average molecular weight is 489 g/mol. The summed E-state index contributed by atoms with van der Waals surface area (Å²) >= 11 is 0. The minimum Gasteiger partial charge on any atom is -0.384 e. The molecule has 2 atom stereocenters. The van der Waals surface area contributed by atoms with Gasteiger partial charge in [-0.25, -0.2) is 4.98 Å². The lowest BCUT2D eigenvalue weighted by Gasteiger charge is -2.32. The maximum absolute atomic E-state index is 5.62. The summed E-state index contributed by atoms with van der Waals surface area (Å²) in [6.07, 6.45) is 3.30. The van der Waals surface area contributed by atoms with E-state index in [1.807, 2.05) is 13.2 Å². The molecule has 0 spiro atoms. The average Bonchev–Trinajstić information content (AvgIpc) is 3.11. The lowest BCUT2D eigenvalue weighted by Crippen LogP contribution is -2.41. The van der Waals surface area contributed by atoms with Crippen LogP contribution in [-0.2, 0) is 16.0 Å². The van der Waals surface area contributed by atoms with Crippen molar-refractivity contribution in [3.63, 3.8) is 0 Å². The number of aromatic nitrogens is 1. The van der Waals surface area contributed by atoms with Crippen LogP contribution in [0.25, 0.3) is 0 Å². The first-order chi connectivity index (χ1) is 12.7. The first-order valence-electron chi connectivity index (χ1n) is 9.45. The summed E-state index contributed by atoms with van der Waals surface area (Å²) in [6, 6.07) is 4.22. The molecular formula is C19H32IN5O2. The van der Waals surface area contributed by atoms with Crippen molar-refractivity contribution in [1.29, 1.82) is 0 Å². The number of anilines is 1. The molecule has 152 valence electrons. The highest BCUT2D eigenvalue weighted by Crippen LogP contribution is 2.18. The van der Waals surface area contributed by atoms with Gasteiger partial charge in [-0.2, -0.15) is 0 Å². The summed E-state index contributed by atoms with van der Waals surface area (Å²) in [4.78, 5) is 13.6. The second kappa shape index (κ2) is 11.0. The monoisotopic (exact) mass is 489 g/mol. The molecule has 0 radical (unpaired) electrons. The van der Waals surface area contributed by atoms with Gasteiger partial charge in [-0.1, -0.05) is 0 Å².